The monoisotopic (exact) mass is 411 g/mol. The molecule has 2 aromatic carbocycles. The van der Waals surface area contributed by atoms with E-state index in [-0.39, 0.29) is 16.9 Å². The largest absolute Gasteiger partial charge is 0.494 e. The fraction of sp³-hybridized carbons (Fsp3) is 0.227. The third-order valence-corrected chi connectivity index (χ3v) is 4.24. The summed E-state index contributed by atoms with van der Waals surface area (Å²) in [7, 11) is 0. The maximum atomic E-state index is 12.1. The Morgan fingerprint density at radius 2 is 1.69 bits per heavy atom. The van der Waals surface area contributed by atoms with Gasteiger partial charge in [-0.25, -0.2) is 0 Å². The third kappa shape index (κ3) is 7.04. The minimum atomic E-state index is -0.343. The van der Waals surface area contributed by atoms with E-state index in [0.717, 1.165) is 16.9 Å². The number of carbonyl (C=O) groups is 2. The fourth-order valence-electron chi connectivity index (χ4n) is 2.47. The van der Waals surface area contributed by atoms with Crippen molar-refractivity contribution < 1.29 is 14.3 Å². The molecule has 0 aliphatic carbocycles. The normalized spacial score (nSPS) is 10.4. The summed E-state index contributed by atoms with van der Waals surface area (Å²) in [6, 6.07) is 12.9. The van der Waals surface area contributed by atoms with Gasteiger partial charge in [0.25, 0.3) is 0 Å². The second-order valence-corrected chi connectivity index (χ2v) is 6.57. The quantitative estimate of drug-likeness (QED) is 0.468. The van der Waals surface area contributed by atoms with Crippen molar-refractivity contribution in [2.75, 3.05) is 17.2 Å². The number of amides is 2. The van der Waals surface area contributed by atoms with Crippen LogP contribution in [-0.2, 0) is 9.59 Å². The summed E-state index contributed by atoms with van der Waals surface area (Å²) in [4.78, 5) is 23.7. The van der Waals surface area contributed by atoms with Crippen LogP contribution in [-0.4, -0.2) is 23.5 Å². The predicted molar refractivity (Wildman–Crippen MR) is 121 cm³/mol. The van der Waals surface area contributed by atoms with E-state index in [0.29, 0.717) is 24.4 Å². The van der Waals surface area contributed by atoms with Crippen molar-refractivity contribution in [1.29, 1.82) is 0 Å². The molecule has 0 aliphatic rings. The fourth-order valence-corrected chi connectivity index (χ4v) is 2.68. The van der Waals surface area contributed by atoms with Gasteiger partial charge in [0.05, 0.1) is 6.61 Å². The first kappa shape index (κ1) is 22.1. The summed E-state index contributed by atoms with van der Waals surface area (Å²) < 4.78 is 5.39. The van der Waals surface area contributed by atoms with Gasteiger partial charge in [-0.1, -0.05) is 25.1 Å². The maximum absolute atomic E-state index is 12.1. The molecular formula is C22H25N3O3S. The summed E-state index contributed by atoms with van der Waals surface area (Å²) in [5, 5.41) is 8.61. The van der Waals surface area contributed by atoms with Crippen LogP contribution in [0.3, 0.4) is 0 Å². The molecule has 0 aromatic heterocycles. The minimum Gasteiger partial charge on any atom is -0.494 e. The Balaban J connectivity index is 1.94. The highest BCUT2D eigenvalue weighted by Crippen LogP contribution is 2.23. The van der Waals surface area contributed by atoms with Gasteiger partial charge in [0.2, 0.25) is 11.8 Å². The first-order valence-electron chi connectivity index (χ1n) is 9.35. The van der Waals surface area contributed by atoms with Gasteiger partial charge in [-0.15, -0.1) is 0 Å². The van der Waals surface area contributed by atoms with Gasteiger partial charge < -0.3 is 15.4 Å². The van der Waals surface area contributed by atoms with Gasteiger partial charge in [-0.3, -0.25) is 14.9 Å². The molecule has 0 heterocycles. The minimum absolute atomic E-state index is 0.0689. The van der Waals surface area contributed by atoms with E-state index in [1.807, 2.05) is 50.2 Å². The van der Waals surface area contributed by atoms with Gasteiger partial charge in [0.1, 0.15) is 5.75 Å². The van der Waals surface area contributed by atoms with Gasteiger partial charge in [0.15, 0.2) is 5.11 Å². The Labute approximate surface area is 176 Å². The first-order valence-corrected chi connectivity index (χ1v) is 9.76. The average Bonchev–Trinajstić information content (AvgIpc) is 2.70. The van der Waals surface area contributed by atoms with Gasteiger partial charge in [-0.2, -0.15) is 0 Å². The molecule has 2 amide bonds. The van der Waals surface area contributed by atoms with Crippen molar-refractivity contribution in [3.63, 3.8) is 0 Å². The molecule has 0 atom stereocenters. The molecular weight excluding hydrogens is 386 g/mol. The van der Waals surface area contributed by atoms with E-state index in [4.69, 9.17) is 17.0 Å². The topological polar surface area (TPSA) is 79.5 Å². The van der Waals surface area contributed by atoms with Crippen LogP contribution in [0.25, 0.3) is 6.08 Å². The van der Waals surface area contributed by atoms with E-state index in [2.05, 4.69) is 16.0 Å². The molecule has 6 nitrogen and oxygen atoms in total. The van der Waals surface area contributed by atoms with Crippen LogP contribution >= 0.6 is 12.2 Å². The zero-order chi connectivity index (χ0) is 21.2. The molecule has 2 rings (SSSR count). The molecule has 7 heteroatoms. The zero-order valence-corrected chi connectivity index (χ0v) is 17.6. The Hall–Kier alpha value is -3.19. The van der Waals surface area contributed by atoms with Gasteiger partial charge in [-0.05, 0) is 67.5 Å². The number of hydrogen-bond acceptors (Lipinski definition) is 4. The van der Waals surface area contributed by atoms with Crippen LogP contribution in [0.2, 0.25) is 0 Å². The van der Waals surface area contributed by atoms with Crippen LogP contribution < -0.4 is 20.7 Å². The smallest absolute Gasteiger partial charge is 0.250 e. The summed E-state index contributed by atoms with van der Waals surface area (Å²) in [6.45, 7) is 6.19. The number of benzene rings is 2. The van der Waals surface area contributed by atoms with E-state index < -0.39 is 0 Å². The lowest BCUT2D eigenvalue weighted by molar-refractivity contribution is -0.116. The number of nitrogens with one attached hydrogen (secondary N) is 3. The van der Waals surface area contributed by atoms with E-state index >= 15 is 0 Å². The van der Waals surface area contributed by atoms with Gasteiger partial charge >= 0.3 is 0 Å². The first-order chi connectivity index (χ1) is 13.9. The Kier molecular flexibility index (Phi) is 8.36. The van der Waals surface area contributed by atoms with E-state index in [1.54, 1.807) is 19.1 Å². The second kappa shape index (κ2) is 11.0. The number of thiocarbonyl (C=S) groups is 1. The summed E-state index contributed by atoms with van der Waals surface area (Å²) >= 11 is 5.22. The van der Waals surface area contributed by atoms with Crippen LogP contribution in [0.1, 0.15) is 31.4 Å². The van der Waals surface area contributed by atoms with Crippen LogP contribution in [0.15, 0.2) is 48.5 Å². The highest BCUT2D eigenvalue weighted by atomic mass is 32.1. The summed E-state index contributed by atoms with van der Waals surface area (Å²) in [5.41, 5.74) is 3.11. The van der Waals surface area contributed by atoms with Crippen LogP contribution in [0.5, 0.6) is 5.75 Å². The lowest BCUT2D eigenvalue weighted by Crippen LogP contribution is -2.33. The standard InChI is InChI=1S/C22H25N3O3S/c1-4-20(26)23-18-7-6-8-19(15(18)3)24-22(29)25-21(27)14-11-16-9-12-17(13-10-16)28-5-2/h6-14H,4-5H2,1-3H3,(H,23,26)(H2,24,25,27,29)/b14-11+. The molecule has 0 unspecified atom stereocenters. The SMILES string of the molecule is CCOc1ccc(/C=C/C(=O)NC(=S)Nc2cccc(NC(=O)CC)c2C)cc1. The number of rotatable bonds is 7. The summed E-state index contributed by atoms with van der Waals surface area (Å²) in [5.74, 6) is 0.372. The zero-order valence-electron chi connectivity index (χ0n) is 16.7. The van der Waals surface area contributed by atoms with Crippen molar-refractivity contribution in [3.8, 4) is 5.75 Å². The van der Waals surface area contributed by atoms with Crippen molar-refractivity contribution in [2.45, 2.75) is 27.2 Å². The molecule has 0 radical (unpaired) electrons. The molecule has 0 bridgehead atoms. The summed E-state index contributed by atoms with van der Waals surface area (Å²) in [6.07, 6.45) is 3.50. The van der Waals surface area contributed by atoms with Crippen LogP contribution in [0.4, 0.5) is 11.4 Å². The Morgan fingerprint density at radius 3 is 2.31 bits per heavy atom. The maximum Gasteiger partial charge on any atom is 0.250 e. The van der Waals surface area contributed by atoms with Crippen molar-refractivity contribution in [2.24, 2.45) is 0 Å². The number of anilines is 2. The Morgan fingerprint density at radius 1 is 1.03 bits per heavy atom. The third-order valence-electron chi connectivity index (χ3n) is 4.03. The lowest BCUT2D eigenvalue weighted by Gasteiger charge is -2.14. The average molecular weight is 412 g/mol. The highest BCUT2D eigenvalue weighted by Gasteiger charge is 2.08. The van der Waals surface area contributed by atoms with Gasteiger partial charge in [0, 0.05) is 23.9 Å². The van der Waals surface area contributed by atoms with Crippen LogP contribution in [0, 0.1) is 6.92 Å². The molecule has 3 N–H and O–H groups in total. The molecule has 0 fully saturated rings. The number of hydrogen-bond donors (Lipinski definition) is 3. The molecule has 0 aliphatic heterocycles. The predicted octanol–water partition coefficient (Wildman–Crippen LogP) is 4.27. The molecule has 0 spiro atoms. The number of carbonyl (C=O) groups excluding carboxylic acids is 2. The number of ether oxygens (including phenoxy) is 1. The Bertz CT molecular complexity index is 908. The molecule has 2 aromatic rings. The van der Waals surface area contributed by atoms with Crippen molar-refractivity contribution >= 4 is 46.6 Å². The van der Waals surface area contributed by atoms with Crippen molar-refractivity contribution in [3.05, 3.63) is 59.7 Å². The molecule has 29 heavy (non-hydrogen) atoms. The highest BCUT2D eigenvalue weighted by molar-refractivity contribution is 7.80. The molecule has 0 saturated heterocycles. The van der Waals surface area contributed by atoms with E-state index in [1.165, 1.54) is 6.08 Å². The molecule has 0 saturated carbocycles. The lowest BCUT2D eigenvalue weighted by atomic mass is 10.1. The van der Waals surface area contributed by atoms with E-state index in [9.17, 15) is 9.59 Å². The van der Waals surface area contributed by atoms with Crippen molar-refractivity contribution in [1.82, 2.24) is 5.32 Å². The second-order valence-electron chi connectivity index (χ2n) is 6.16. The molecule has 152 valence electrons.